The quantitative estimate of drug-likeness (QED) is 0.806. The Bertz CT molecular complexity index is 557. The predicted octanol–water partition coefficient (Wildman–Crippen LogP) is 2.89. The van der Waals surface area contributed by atoms with Crippen LogP contribution >= 0.6 is 15.9 Å². The summed E-state index contributed by atoms with van der Waals surface area (Å²) in [6.45, 7) is 4.03. The van der Waals surface area contributed by atoms with Gasteiger partial charge in [-0.15, -0.1) is 0 Å². The fourth-order valence-corrected chi connectivity index (χ4v) is 2.77. The maximum absolute atomic E-state index is 4.57. The minimum Gasteiger partial charge on any atom is -0.296 e. The lowest BCUT2D eigenvalue weighted by Gasteiger charge is -2.09. The van der Waals surface area contributed by atoms with Gasteiger partial charge in [0.1, 0.15) is 4.60 Å². The fraction of sp³-hybridized carbons (Fsp3) is 0.308. The average molecular weight is 292 g/mol. The van der Waals surface area contributed by atoms with E-state index in [2.05, 4.69) is 64.2 Å². The van der Waals surface area contributed by atoms with Crippen molar-refractivity contribution < 1.29 is 0 Å². The molecule has 2 heterocycles. The minimum atomic E-state index is 0.960. The van der Waals surface area contributed by atoms with Gasteiger partial charge < -0.3 is 0 Å². The molecule has 1 aliphatic rings. The molecule has 0 atom stereocenters. The summed E-state index contributed by atoms with van der Waals surface area (Å²) in [5, 5.41) is 4.57. The number of benzene rings is 1. The van der Waals surface area contributed by atoms with Crippen molar-refractivity contribution in [3.8, 4) is 5.69 Å². The van der Waals surface area contributed by atoms with Gasteiger partial charge in [0.05, 0.1) is 11.4 Å². The SMILES string of the molecule is Cc1ccc(-n2nc(Br)c3c2CN(C)C3)cc1. The van der Waals surface area contributed by atoms with E-state index in [1.54, 1.807) is 0 Å². The van der Waals surface area contributed by atoms with E-state index >= 15 is 0 Å². The molecule has 3 nitrogen and oxygen atoms in total. The number of hydrogen-bond donors (Lipinski definition) is 0. The third-order valence-corrected chi connectivity index (χ3v) is 3.80. The van der Waals surface area contributed by atoms with E-state index in [-0.39, 0.29) is 0 Å². The molecule has 88 valence electrons. The third-order valence-electron chi connectivity index (χ3n) is 3.17. The van der Waals surface area contributed by atoms with Crippen molar-refractivity contribution in [1.82, 2.24) is 14.7 Å². The summed E-state index contributed by atoms with van der Waals surface area (Å²) in [6.07, 6.45) is 0. The Labute approximate surface area is 109 Å². The van der Waals surface area contributed by atoms with Crippen molar-refractivity contribution in [2.24, 2.45) is 0 Å². The number of halogens is 1. The largest absolute Gasteiger partial charge is 0.296 e. The monoisotopic (exact) mass is 291 g/mol. The standard InChI is InChI=1S/C13H14BrN3/c1-9-3-5-10(6-4-9)17-12-8-16(2)7-11(12)13(14)15-17/h3-6H,7-8H2,1-2H3. The van der Waals surface area contributed by atoms with Gasteiger partial charge >= 0.3 is 0 Å². The van der Waals surface area contributed by atoms with E-state index in [0.717, 1.165) is 23.4 Å². The van der Waals surface area contributed by atoms with Crippen molar-refractivity contribution in [2.45, 2.75) is 20.0 Å². The maximum Gasteiger partial charge on any atom is 0.133 e. The van der Waals surface area contributed by atoms with Crippen LogP contribution in [0.25, 0.3) is 5.69 Å². The zero-order valence-electron chi connectivity index (χ0n) is 9.94. The van der Waals surface area contributed by atoms with Gasteiger partial charge in [0.25, 0.3) is 0 Å². The van der Waals surface area contributed by atoms with Gasteiger partial charge in [0.15, 0.2) is 0 Å². The first-order chi connectivity index (χ1) is 8.15. The van der Waals surface area contributed by atoms with Gasteiger partial charge in [0, 0.05) is 18.7 Å². The van der Waals surface area contributed by atoms with E-state index in [4.69, 9.17) is 0 Å². The molecular weight excluding hydrogens is 278 g/mol. The van der Waals surface area contributed by atoms with Gasteiger partial charge in [-0.3, -0.25) is 4.90 Å². The Hall–Kier alpha value is -1.13. The molecule has 0 unspecified atom stereocenters. The van der Waals surface area contributed by atoms with E-state index in [9.17, 15) is 0 Å². The lowest BCUT2D eigenvalue weighted by Crippen LogP contribution is -2.11. The molecule has 1 aromatic heterocycles. The summed E-state index contributed by atoms with van der Waals surface area (Å²) in [5.74, 6) is 0. The molecular formula is C13H14BrN3. The summed E-state index contributed by atoms with van der Waals surface area (Å²) < 4.78 is 3.01. The van der Waals surface area contributed by atoms with Crippen LogP contribution in [-0.2, 0) is 13.1 Å². The molecule has 0 amide bonds. The van der Waals surface area contributed by atoms with Crippen LogP contribution < -0.4 is 0 Å². The second kappa shape index (κ2) is 3.96. The number of nitrogens with zero attached hydrogens (tertiary/aromatic N) is 3. The van der Waals surface area contributed by atoms with Crippen LogP contribution in [-0.4, -0.2) is 21.7 Å². The smallest absolute Gasteiger partial charge is 0.133 e. The Morgan fingerprint density at radius 3 is 2.59 bits per heavy atom. The molecule has 1 aliphatic heterocycles. The number of rotatable bonds is 1. The van der Waals surface area contributed by atoms with Crippen LogP contribution in [0.5, 0.6) is 0 Å². The molecule has 0 saturated heterocycles. The number of hydrogen-bond acceptors (Lipinski definition) is 2. The molecule has 0 N–H and O–H groups in total. The molecule has 0 radical (unpaired) electrons. The summed E-state index contributed by atoms with van der Waals surface area (Å²) in [5.41, 5.74) is 5.01. The lowest BCUT2D eigenvalue weighted by atomic mass is 10.2. The molecule has 4 heteroatoms. The highest BCUT2D eigenvalue weighted by atomic mass is 79.9. The van der Waals surface area contributed by atoms with Crippen molar-refractivity contribution >= 4 is 15.9 Å². The van der Waals surface area contributed by atoms with Gasteiger partial charge in [0.2, 0.25) is 0 Å². The van der Waals surface area contributed by atoms with Crippen molar-refractivity contribution in [2.75, 3.05) is 7.05 Å². The summed E-state index contributed by atoms with van der Waals surface area (Å²) in [6, 6.07) is 8.48. The van der Waals surface area contributed by atoms with E-state index in [0.29, 0.717) is 0 Å². The molecule has 0 saturated carbocycles. The van der Waals surface area contributed by atoms with E-state index in [1.807, 2.05) is 4.68 Å². The highest BCUT2D eigenvalue weighted by molar-refractivity contribution is 9.10. The van der Waals surface area contributed by atoms with E-state index < -0.39 is 0 Å². The first-order valence-corrected chi connectivity index (χ1v) is 6.46. The highest BCUT2D eigenvalue weighted by Crippen LogP contribution is 2.30. The van der Waals surface area contributed by atoms with Crippen molar-refractivity contribution in [1.29, 1.82) is 0 Å². The zero-order valence-corrected chi connectivity index (χ0v) is 11.5. The summed E-state index contributed by atoms with van der Waals surface area (Å²) in [4.78, 5) is 2.29. The van der Waals surface area contributed by atoms with E-state index in [1.165, 1.54) is 16.8 Å². The molecule has 0 spiro atoms. The maximum atomic E-state index is 4.57. The zero-order chi connectivity index (χ0) is 12.0. The molecule has 2 aromatic rings. The van der Waals surface area contributed by atoms with Gasteiger partial charge in [-0.2, -0.15) is 5.10 Å². The number of aryl methyl sites for hydroxylation is 1. The molecule has 0 fully saturated rings. The lowest BCUT2D eigenvalue weighted by molar-refractivity contribution is 0.345. The highest BCUT2D eigenvalue weighted by Gasteiger charge is 2.25. The van der Waals surface area contributed by atoms with Crippen molar-refractivity contribution in [3.63, 3.8) is 0 Å². The molecule has 0 aliphatic carbocycles. The number of aromatic nitrogens is 2. The van der Waals surface area contributed by atoms with Crippen LogP contribution in [0, 0.1) is 6.92 Å². The minimum absolute atomic E-state index is 0.960. The average Bonchev–Trinajstić information content (AvgIpc) is 2.80. The Morgan fingerprint density at radius 2 is 1.88 bits per heavy atom. The van der Waals surface area contributed by atoms with Crippen LogP contribution in [0.15, 0.2) is 28.9 Å². The molecule has 1 aromatic carbocycles. The topological polar surface area (TPSA) is 21.1 Å². The van der Waals surface area contributed by atoms with Gasteiger partial charge in [-0.25, -0.2) is 4.68 Å². The summed E-state index contributed by atoms with van der Waals surface area (Å²) in [7, 11) is 2.13. The third kappa shape index (κ3) is 1.81. The Kier molecular flexibility index (Phi) is 2.56. The number of fused-ring (bicyclic) bond motifs is 1. The van der Waals surface area contributed by atoms with Crippen LogP contribution in [0.1, 0.15) is 16.8 Å². The van der Waals surface area contributed by atoms with Crippen molar-refractivity contribution in [3.05, 3.63) is 45.7 Å². The second-order valence-corrected chi connectivity index (χ2v) is 5.39. The van der Waals surface area contributed by atoms with Gasteiger partial charge in [-0.1, -0.05) is 17.7 Å². The molecule has 0 bridgehead atoms. The Morgan fingerprint density at radius 1 is 1.18 bits per heavy atom. The van der Waals surface area contributed by atoms with Crippen LogP contribution in [0.4, 0.5) is 0 Å². The summed E-state index contributed by atoms with van der Waals surface area (Å²) >= 11 is 3.55. The molecule has 3 rings (SSSR count). The van der Waals surface area contributed by atoms with Crippen LogP contribution in [0.2, 0.25) is 0 Å². The normalized spacial score (nSPS) is 15.2. The second-order valence-electron chi connectivity index (χ2n) is 4.64. The Balaban J connectivity index is 2.10. The van der Waals surface area contributed by atoms with Gasteiger partial charge in [-0.05, 0) is 42.0 Å². The predicted molar refractivity (Wildman–Crippen MR) is 71.2 cm³/mol. The van der Waals surface area contributed by atoms with Crippen LogP contribution in [0.3, 0.4) is 0 Å². The first-order valence-electron chi connectivity index (χ1n) is 5.67. The first kappa shape index (κ1) is 11.0. The fourth-order valence-electron chi connectivity index (χ4n) is 2.26. The molecule has 17 heavy (non-hydrogen) atoms.